The maximum atomic E-state index is 14.7. The number of aromatic nitrogens is 6. The van der Waals surface area contributed by atoms with Crippen molar-refractivity contribution in [2.75, 3.05) is 17.3 Å². The molecular weight excluding hydrogens is 537 g/mol. The largest absolute Gasteiger partial charge is 0.491 e. The van der Waals surface area contributed by atoms with Crippen LogP contribution in [0.15, 0.2) is 29.2 Å². The molecule has 3 heterocycles. The van der Waals surface area contributed by atoms with Crippen LogP contribution in [0, 0.1) is 11.3 Å². The van der Waals surface area contributed by atoms with E-state index in [1.165, 1.54) is 19.2 Å². The summed E-state index contributed by atoms with van der Waals surface area (Å²) in [6.45, 7) is 8.43. The second-order valence-electron chi connectivity index (χ2n) is 12.1. The summed E-state index contributed by atoms with van der Waals surface area (Å²) in [5.41, 5.74) is -0.286. The predicted molar refractivity (Wildman–Crippen MR) is 146 cm³/mol. The van der Waals surface area contributed by atoms with Gasteiger partial charge >= 0.3 is 12.0 Å². The van der Waals surface area contributed by atoms with Gasteiger partial charge in [0.1, 0.15) is 17.5 Å². The standard InChI is InChI=1S/C27H33F3N10O/c1-25(2)12-18(13-26(3,4)38(25)6)33-22-17(14-31)15-32-23(34-22)39(27(28,29)30)19-9-10-20(16-7-8-16)21(11-19)40-24(41)37(5)35-36-40/h9-11,15-16,18H,7-8,12-13H2,1-6H3,(H,32,33,34). The highest BCUT2D eigenvalue weighted by atomic mass is 19.4. The number of nitrogens with zero attached hydrogens (tertiary/aromatic N) is 9. The number of anilines is 3. The van der Waals surface area contributed by atoms with Crippen molar-refractivity contribution in [1.29, 1.82) is 5.26 Å². The van der Waals surface area contributed by atoms with E-state index in [0.29, 0.717) is 18.4 Å². The van der Waals surface area contributed by atoms with E-state index in [4.69, 9.17) is 0 Å². The van der Waals surface area contributed by atoms with Gasteiger partial charge in [0.15, 0.2) is 0 Å². The number of hydrogen-bond donors (Lipinski definition) is 1. The summed E-state index contributed by atoms with van der Waals surface area (Å²) in [7, 11) is 3.47. The molecule has 0 spiro atoms. The van der Waals surface area contributed by atoms with Crippen molar-refractivity contribution in [2.45, 2.75) is 82.7 Å². The van der Waals surface area contributed by atoms with Crippen LogP contribution in [0.3, 0.4) is 0 Å². The number of piperidine rings is 1. The van der Waals surface area contributed by atoms with Crippen LogP contribution in [0.1, 0.15) is 70.4 Å². The Bertz CT molecular complexity index is 1550. The summed E-state index contributed by atoms with van der Waals surface area (Å²) in [5, 5.41) is 20.5. The molecule has 0 radical (unpaired) electrons. The summed E-state index contributed by atoms with van der Waals surface area (Å²) in [6, 6.07) is 6.02. The third-order valence-corrected chi connectivity index (χ3v) is 8.24. The van der Waals surface area contributed by atoms with Crippen molar-refractivity contribution in [1.82, 2.24) is 34.7 Å². The Labute approximate surface area is 235 Å². The molecule has 41 heavy (non-hydrogen) atoms. The second-order valence-corrected chi connectivity index (χ2v) is 12.1. The molecule has 1 saturated carbocycles. The van der Waals surface area contributed by atoms with Crippen molar-refractivity contribution in [3.05, 3.63) is 46.0 Å². The molecule has 0 bridgehead atoms. The van der Waals surface area contributed by atoms with Gasteiger partial charge in [-0.1, -0.05) is 6.07 Å². The van der Waals surface area contributed by atoms with Gasteiger partial charge in [0, 0.05) is 24.2 Å². The third-order valence-electron chi connectivity index (χ3n) is 8.24. The van der Waals surface area contributed by atoms with Gasteiger partial charge in [-0.25, -0.2) is 14.7 Å². The zero-order valence-electron chi connectivity index (χ0n) is 23.9. The van der Waals surface area contributed by atoms with Crippen molar-refractivity contribution in [3.63, 3.8) is 0 Å². The molecule has 3 aromatic rings. The van der Waals surface area contributed by atoms with Gasteiger partial charge in [-0.15, -0.1) is 13.2 Å². The minimum Gasteiger partial charge on any atom is -0.366 e. The van der Waals surface area contributed by atoms with Crippen molar-refractivity contribution in [3.8, 4) is 11.8 Å². The van der Waals surface area contributed by atoms with Crippen LogP contribution in [0.4, 0.5) is 30.6 Å². The summed E-state index contributed by atoms with van der Waals surface area (Å²) >= 11 is 0. The first-order valence-corrected chi connectivity index (χ1v) is 13.4. The first kappa shape index (κ1) is 28.5. The number of alkyl halides is 3. The lowest BCUT2D eigenvalue weighted by molar-refractivity contribution is -0.121. The molecule has 0 atom stereocenters. The van der Waals surface area contributed by atoms with E-state index in [9.17, 15) is 23.2 Å². The fraction of sp³-hybridized carbons (Fsp3) is 0.556. The van der Waals surface area contributed by atoms with Gasteiger partial charge in [-0.05, 0) is 94.5 Å². The maximum absolute atomic E-state index is 14.7. The molecule has 1 aliphatic carbocycles. The van der Waals surface area contributed by atoms with E-state index >= 15 is 0 Å². The van der Waals surface area contributed by atoms with Crippen LogP contribution in [-0.2, 0) is 7.05 Å². The molecule has 218 valence electrons. The average molecular weight is 571 g/mol. The SMILES string of the molecule is CN1C(C)(C)CC(Nc2nc(N(c3ccc(C4CC4)c(-n4nnn(C)c4=O)c3)C(F)(F)F)ncc2C#N)CC1(C)C. The lowest BCUT2D eigenvalue weighted by atomic mass is 9.77. The molecule has 1 N–H and O–H groups in total. The van der Waals surface area contributed by atoms with Crippen LogP contribution in [0.25, 0.3) is 5.69 Å². The molecule has 1 aliphatic heterocycles. The van der Waals surface area contributed by atoms with Gasteiger partial charge in [-0.3, -0.25) is 4.90 Å². The van der Waals surface area contributed by atoms with Crippen LogP contribution in [0.2, 0.25) is 0 Å². The molecule has 2 fully saturated rings. The van der Waals surface area contributed by atoms with Gasteiger partial charge < -0.3 is 5.32 Å². The van der Waals surface area contributed by atoms with Crippen LogP contribution in [0.5, 0.6) is 0 Å². The number of nitriles is 1. The van der Waals surface area contributed by atoms with Crippen molar-refractivity contribution < 1.29 is 13.2 Å². The Morgan fingerprint density at radius 2 is 1.76 bits per heavy atom. The number of halogens is 3. The van der Waals surface area contributed by atoms with Crippen LogP contribution < -0.4 is 15.9 Å². The summed E-state index contributed by atoms with van der Waals surface area (Å²) in [5.74, 6) is -0.493. The van der Waals surface area contributed by atoms with E-state index in [0.717, 1.165) is 28.4 Å². The minimum absolute atomic E-state index is 0.0351. The monoisotopic (exact) mass is 570 g/mol. The summed E-state index contributed by atoms with van der Waals surface area (Å²) in [4.78, 5) is 23.1. The Kier molecular flexibility index (Phi) is 6.84. The van der Waals surface area contributed by atoms with Gasteiger partial charge in [-0.2, -0.15) is 19.6 Å². The highest BCUT2D eigenvalue weighted by Gasteiger charge is 2.44. The Morgan fingerprint density at radius 1 is 1.10 bits per heavy atom. The summed E-state index contributed by atoms with van der Waals surface area (Å²) < 4.78 is 46.0. The van der Waals surface area contributed by atoms with Crippen LogP contribution in [-0.4, -0.2) is 65.1 Å². The molecule has 5 rings (SSSR count). The fourth-order valence-corrected chi connectivity index (χ4v) is 5.77. The zero-order valence-corrected chi connectivity index (χ0v) is 23.9. The smallest absolute Gasteiger partial charge is 0.366 e. The number of likely N-dealkylation sites (tertiary alicyclic amines) is 1. The topological polar surface area (TPSA) is 121 Å². The van der Waals surface area contributed by atoms with E-state index in [1.807, 2.05) is 6.07 Å². The Hall–Kier alpha value is -3.99. The molecule has 14 heteroatoms. The molecule has 1 aromatic carbocycles. The molecule has 2 aliphatic rings. The Balaban J connectivity index is 1.57. The fourth-order valence-electron chi connectivity index (χ4n) is 5.77. The average Bonchev–Trinajstić information content (AvgIpc) is 3.66. The third kappa shape index (κ3) is 5.38. The van der Waals surface area contributed by atoms with E-state index in [1.54, 1.807) is 6.07 Å². The number of benzene rings is 1. The predicted octanol–water partition coefficient (Wildman–Crippen LogP) is 4.23. The second kappa shape index (κ2) is 9.83. The van der Waals surface area contributed by atoms with Crippen LogP contribution >= 0.6 is 0 Å². The van der Waals surface area contributed by atoms with Gasteiger partial charge in [0.05, 0.1) is 17.6 Å². The van der Waals surface area contributed by atoms with Gasteiger partial charge in [0.25, 0.3) is 0 Å². The number of nitrogens with one attached hydrogen (secondary N) is 1. The maximum Gasteiger partial charge on any atom is 0.491 e. The number of rotatable bonds is 6. The number of hydrogen-bond acceptors (Lipinski definition) is 9. The highest BCUT2D eigenvalue weighted by molar-refractivity contribution is 5.66. The first-order chi connectivity index (χ1) is 19.1. The Morgan fingerprint density at radius 3 is 2.29 bits per heavy atom. The zero-order chi connectivity index (χ0) is 29.9. The minimum atomic E-state index is -4.92. The molecule has 1 saturated heterocycles. The van der Waals surface area contributed by atoms with Crippen molar-refractivity contribution in [2.24, 2.45) is 7.05 Å². The quantitative estimate of drug-likeness (QED) is 0.434. The van der Waals surface area contributed by atoms with Crippen molar-refractivity contribution >= 4 is 17.5 Å². The summed E-state index contributed by atoms with van der Waals surface area (Å²) in [6.07, 6.45) is -0.709. The van der Waals surface area contributed by atoms with E-state index < -0.39 is 17.9 Å². The molecule has 0 unspecified atom stereocenters. The van der Waals surface area contributed by atoms with E-state index in [-0.39, 0.29) is 50.7 Å². The number of aryl methyl sites for hydroxylation is 1. The molecular formula is C27H33F3N10O. The van der Waals surface area contributed by atoms with Gasteiger partial charge in [0.2, 0.25) is 5.95 Å². The number of tetrazole rings is 1. The molecule has 11 nitrogen and oxygen atoms in total. The lowest BCUT2D eigenvalue weighted by Gasteiger charge is -2.53. The molecule has 0 amide bonds. The lowest BCUT2D eigenvalue weighted by Crippen LogP contribution is -2.61. The normalized spacial score (nSPS) is 19.1. The highest BCUT2D eigenvalue weighted by Crippen LogP contribution is 2.45. The van der Waals surface area contributed by atoms with E-state index in [2.05, 4.69) is 65.4 Å². The molecule has 2 aromatic heterocycles. The first-order valence-electron chi connectivity index (χ1n) is 13.4.